The molecule has 0 heterocycles. The molecule has 0 aromatic heterocycles. The number of nitrogens with one attached hydrogen (secondary N) is 1. The Balaban J connectivity index is 2.19. The standard InChI is InChI=1S/C16H25ClN2/c1-12-5-4-6-15(9-12)19(3)16-8-7-14(17)10-13(16)11-18-2/h7-8,10,12,15,18H,4-6,9,11H2,1-3H3. The van der Waals surface area contributed by atoms with Gasteiger partial charge in [0.05, 0.1) is 0 Å². The molecule has 2 rings (SSSR count). The van der Waals surface area contributed by atoms with E-state index >= 15 is 0 Å². The van der Waals surface area contributed by atoms with Gasteiger partial charge in [-0.2, -0.15) is 0 Å². The number of halogens is 1. The molecular formula is C16H25ClN2. The van der Waals surface area contributed by atoms with E-state index in [-0.39, 0.29) is 0 Å². The van der Waals surface area contributed by atoms with Gasteiger partial charge in [0.25, 0.3) is 0 Å². The fourth-order valence-electron chi connectivity index (χ4n) is 3.18. The molecule has 0 saturated heterocycles. The summed E-state index contributed by atoms with van der Waals surface area (Å²) in [5.41, 5.74) is 2.61. The number of benzene rings is 1. The molecule has 3 heteroatoms. The van der Waals surface area contributed by atoms with Gasteiger partial charge in [0, 0.05) is 30.3 Å². The van der Waals surface area contributed by atoms with Crippen molar-refractivity contribution in [1.82, 2.24) is 5.32 Å². The number of anilines is 1. The minimum atomic E-state index is 0.667. The molecule has 2 unspecified atom stereocenters. The Morgan fingerprint density at radius 2 is 2.16 bits per heavy atom. The van der Waals surface area contributed by atoms with Crippen LogP contribution in [0.25, 0.3) is 0 Å². The molecule has 1 aromatic carbocycles. The van der Waals surface area contributed by atoms with Crippen LogP contribution in [0.4, 0.5) is 5.69 Å². The molecule has 1 saturated carbocycles. The smallest absolute Gasteiger partial charge is 0.0412 e. The van der Waals surface area contributed by atoms with Gasteiger partial charge in [0.15, 0.2) is 0 Å². The molecule has 1 fully saturated rings. The van der Waals surface area contributed by atoms with Gasteiger partial charge in [0.1, 0.15) is 0 Å². The molecule has 1 aliphatic carbocycles. The fourth-order valence-corrected chi connectivity index (χ4v) is 3.38. The van der Waals surface area contributed by atoms with E-state index in [0.717, 1.165) is 17.5 Å². The summed E-state index contributed by atoms with van der Waals surface area (Å²) in [7, 11) is 4.21. The van der Waals surface area contributed by atoms with Gasteiger partial charge >= 0.3 is 0 Å². The third-order valence-electron chi connectivity index (χ3n) is 4.25. The molecule has 0 spiro atoms. The molecule has 19 heavy (non-hydrogen) atoms. The number of nitrogens with zero attached hydrogens (tertiary/aromatic N) is 1. The van der Waals surface area contributed by atoms with Crippen molar-refractivity contribution in [2.75, 3.05) is 19.0 Å². The second kappa shape index (κ2) is 6.62. The zero-order valence-electron chi connectivity index (χ0n) is 12.2. The quantitative estimate of drug-likeness (QED) is 0.894. The van der Waals surface area contributed by atoms with Gasteiger partial charge in [0.2, 0.25) is 0 Å². The zero-order chi connectivity index (χ0) is 13.8. The number of hydrogen-bond acceptors (Lipinski definition) is 2. The predicted octanol–water partition coefficient (Wildman–Crippen LogP) is 4.07. The van der Waals surface area contributed by atoms with E-state index in [0.29, 0.717) is 6.04 Å². The SMILES string of the molecule is CNCc1cc(Cl)ccc1N(C)C1CCCC(C)C1. The molecular weight excluding hydrogens is 256 g/mol. The van der Waals surface area contributed by atoms with Crippen molar-refractivity contribution < 1.29 is 0 Å². The van der Waals surface area contributed by atoms with Crippen molar-refractivity contribution >= 4 is 17.3 Å². The number of hydrogen-bond donors (Lipinski definition) is 1. The van der Waals surface area contributed by atoms with Crippen molar-refractivity contribution in [2.45, 2.75) is 45.2 Å². The van der Waals surface area contributed by atoms with Gasteiger partial charge in [-0.3, -0.25) is 0 Å². The van der Waals surface area contributed by atoms with Gasteiger partial charge in [-0.1, -0.05) is 31.4 Å². The van der Waals surface area contributed by atoms with Crippen molar-refractivity contribution in [3.63, 3.8) is 0 Å². The molecule has 2 nitrogen and oxygen atoms in total. The van der Waals surface area contributed by atoms with E-state index in [1.54, 1.807) is 0 Å². The largest absolute Gasteiger partial charge is 0.371 e. The monoisotopic (exact) mass is 280 g/mol. The Morgan fingerprint density at radius 3 is 2.84 bits per heavy atom. The van der Waals surface area contributed by atoms with Crippen LogP contribution in [0.2, 0.25) is 5.02 Å². The summed E-state index contributed by atoms with van der Waals surface area (Å²) < 4.78 is 0. The third-order valence-corrected chi connectivity index (χ3v) is 4.48. The van der Waals surface area contributed by atoms with Gasteiger partial charge in [-0.25, -0.2) is 0 Å². The third kappa shape index (κ3) is 3.64. The van der Waals surface area contributed by atoms with E-state index < -0.39 is 0 Å². The highest BCUT2D eigenvalue weighted by Gasteiger charge is 2.23. The van der Waals surface area contributed by atoms with Crippen LogP contribution in [0.1, 0.15) is 38.2 Å². The first-order valence-corrected chi connectivity index (χ1v) is 7.65. The molecule has 0 bridgehead atoms. The van der Waals surface area contributed by atoms with Gasteiger partial charge in [-0.05, 0) is 49.6 Å². The molecule has 0 radical (unpaired) electrons. The molecule has 2 atom stereocenters. The van der Waals surface area contributed by atoms with Crippen LogP contribution in [0.3, 0.4) is 0 Å². The topological polar surface area (TPSA) is 15.3 Å². The summed E-state index contributed by atoms with van der Waals surface area (Å²) in [6, 6.07) is 6.91. The summed E-state index contributed by atoms with van der Waals surface area (Å²) in [4.78, 5) is 2.46. The normalized spacial score (nSPS) is 23.4. The lowest BCUT2D eigenvalue weighted by Gasteiger charge is -2.36. The molecule has 1 aliphatic rings. The highest BCUT2D eigenvalue weighted by Crippen LogP contribution is 2.32. The Kier molecular flexibility index (Phi) is 5.12. The van der Waals surface area contributed by atoms with Crippen LogP contribution < -0.4 is 10.2 Å². The second-order valence-electron chi connectivity index (χ2n) is 5.84. The van der Waals surface area contributed by atoms with Crippen molar-refractivity contribution in [1.29, 1.82) is 0 Å². The van der Waals surface area contributed by atoms with E-state index in [2.05, 4.69) is 36.3 Å². The van der Waals surface area contributed by atoms with Crippen LogP contribution in [0.15, 0.2) is 18.2 Å². The minimum Gasteiger partial charge on any atom is -0.371 e. The van der Waals surface area contributed by atoms with Crippen LogP contribution in [-0.2, 0) is 6.54 Å². The summed E-state index contributed by atoms with van der Waals surface area (Å²) in [6.45, 7) is 3.23. The number of rotatable bonds is 4. The van der Waals surface area contributed by atoms with Crippen LogP contribution >= 0.6 is 11.6 Å². The van der Waals surface area contributed by atoms with E-state index in [4.69, 9.17) is 11.6 Å². The first-order chi connectivity index (χ1) is 9.11. The predicted molar refractivity (Wildman–Crippen MR) is 84.0 cm³/mol. The maximum absolute atomic E-state index is 6.12. The lowest BCUT2D eigenvalue weighted by atomic mass is 9.86. The van der Waals surface area contributed by atoms with Crippen LogP contribution in [0, 0.1) is 5.92 Å². The highest BCUT2D eigenvalue weighted by molar-refractivity contribution is 6.30. The van der Waals surface area contributed by atoms with Gasteiger partial charge in [-0.15, -0.1) is 0 Å². The molecule has 1 N–H and O–H groups in total. The van der Waals surface area contributed by atoms with Gasteiger partial charge < -0.3 is 10.2 Å². The Bertz CT molecular complexity index is 419. The summed E-state index contributed by atoms with van der Waals surface area (Å²) in [5.74, 6) is 0.848. The van der Waals surface area contributed by atoms with E-state index in [9.17, 15) is 0 Å². The average Bonchev–Trinajstić information content (AvgIpc) is 2.39. The summed E-state index contributed by atoms with van der Waals surface area (Å²) in [6.07, 6.45) is 5.35. The Morgan fingerprint density at radius 1 is 1.37 bits per heavy atom. The van der Waals surface area contributed by atoms with Crippen molar-refractivity contribution in [2.24, 2.45) is 5.92 Å². The molecule has 0 aliphatic heterocycles. The van der Waals surface area contributed by atoms with Crippen molar-refractivity contribution in [3.8, 4) is 0 Å². The van der Waals surface area contributed by atoms with Crippen LogP contribution in [0.5, 0.6) is 0 Å². The first-order valence-electron chi connectivity index (χ1n) is 7.27. The summed E-state index contributed by atoms with van der Waals surface area (Å²) in [5, 5.41) is 4.05. The first kappa shape index (κ1) is 14.7. The second-order valence-corrected chi connectivity index (χ2v) is 6.28. The van der Waals surface area contributed by atoms with E-state index in [1.807, 2.05) is 13.1 Å². The Labute approximate surface area is 122 Å². The lowest BCUT2D eigenvalue weighted by Crippen LogP contribution is -2.36. The molecule has 1 aromatic rings. The maximum atomic E-state index is 6.12. The average molecular weight is 281 g/mol. The lowest BCUT2D eigenvalue weighted by molar-refractivity contribution is 0.336. The zero-order valence-corrected chi connectivity index (χ0v) is 13.0. The molecule has 0 amide bonds. The minimum absolute atomic E-state index is 0.667. The maximum Gasteiger partial charge on any atom is 0.0412 e. The fraction of sp³-hybridized carbons (Fsp3) is 0.625. The highest BCUT2D eigenvalue weighted by atomic mass is 35.5. The van der Waals surface area contributed by atoms with Crippen LogP contribution in [-0.4, -0.2) is 20.1 Å². The summed E-state index contributed by atoms with van der Waals surface area (Å²) >= 11 is 6.12. The molecule has 106 valence electrons. The Hall–Kier alpha value is -0.730. The van der Waals surface area contributed by atoms with E-state index in [1.165, 1.54) is 36.9 Å². The van der Waals surface area contributed by atoms with Crippen molar-refractivity contribution in [3.05, 3.63) is 28.8 Å².